The van der Waals surface area contributed by atoms with Crippen molar-refractivity contribution in [3.8, 4) is 17.1 Å². The number of amides is 1. The molecule has 0 radical (unpaired) electrons. The van der Waals surface area contributed by atoms with E-state index in [2.05, 4.69) is 27.5 Å². The van der Waals surface area contributed by atoms with E-state index in [1.807, 2.05) is 13.0 Å². The molecule has 0 aliphatic heterocycles. The van der Waals surface area contributed by atoms with Gasteiger partial charge in [-0.2, -0.15) is 0 Å². The molecule has 0 aromatic carbocycles. The number of carboxylic acids is 1. The minimum atomic E-state index is -0.761. The van der Waals surface area contributed by atoms with E-state index in [0.29, 0.717) is 59.8 Å². The summed E-state index contributed by atoms with van der Waals surface area (Å²) < 4.78 is 13.0. The first-order valence-electron chi connectivity index (χ1n) is 11.5. The number of carbonyl (C=O) groups excluding carboxylic acids is 1. The molecule has 0 saturated heterocycles. The maximum Gasteiger partial charge on any atom is 0.407 e. The van der Waals surface area contributed by atoms with Crippen LogP contribution >= 0.6 is 0 Å². The molecule has 2 aromatic rings. The molecule has 2 saturated carbocycles. The van der Waals surface area contributed by atoms with Crippen molar-refractivity contribution in [1.82, 2.24) is 25.3 Å². The Hall–Kier alpha value is -3.17. The number of carbonyl (C=O) groups is 2. The molecular formula is C23H31N5O5. The van der Waals surface area contributed by atoms with Crippen LogP contribution in [0.5, 0.6) is 5.75 Å². The highest BCUT2D eigenvalue weighted by molar-refractivity contribution is 5.70. The van der Waals surface area contributed by atoms with Crippen LogP contribution in [-0.2, 0) is 23.1 Å². The van der Waals surface area contributed by atoms with E-state index in [9.17, 15) is 14.7 Å². The van der Waals surface area contributed by atoms with Gasteiger partial charge in [-0.1, -0.05) is 12.1 Å². The van der Waals surface area contributed by atoms with E-state index >= 15 is 0 Å². The molecule has 2 heterocycles. The predicted molar refractivity (Wildman–Crippen MR) is 118 cm³/mol. The SMILES string of the molecule is Cc1nc(-c2nnn(C)c2CNC(=O)OC[C@@H]2C[C@H]2C)ccc1O[C@H]1CCC[C@H](C(=O)O)C1. The van der Waals surface area contributed by atoms with Crippen molar-refractivity contribution in [1.29, 1.82) is 0 Å². The third-order valence-electron chi connectivity index (χ3n) is 6.60. The van der Waals surface area contributed by atoms with Crippen molar-refractivity contribution in [2.24, 2.45) is 24.8 Å². The van der Waals surface area contributed by atoms with Crippen molar-refractivity contribution < 1.29 is 24.2 Å². The van der Waals surface area contributed by atoms with Gasteiger partial charge in [0.2, 0.25) is 0 Å². The first-order chi connectivity index (χ1) is 15.8. The molecule has 2 fully saturated rings. The standard InChI is InChI=1S/C23H31N5O5/c1-13-9-16(13)12-32-23(31)24-11-19-21(26-27-28(19)3)18-7-8-20(14(2)25-18)33-17-6-4-5-15(10-17)22(29)30/h7-8,13,15-17H,4-6,9-12H2,1-3H3,(H,24,31)(H,29,30)/t13-,15+,16+,17+/m1/s1. The fourth-order valence-electron chi connectivity index (χ4n) is 4.26. The summed E-state index contributed by atoms with van der Waals surface area (Å²) >= 11 is 0. The molecule has 10 heteroatoms. The van der Waals surface area contributed by atoms with Gasteiger partial charge in [-0.3, -0.25) is 4.79 Å². The van der Waals surface area contributed by atoms with E-state index in [4.69, 9.17) is 9.47 Å². The zero-order valence-corrected chi connectivity index (χ0v) is 19.3. The molecule has 2 aromatic heterocycles. The minimum Gasteiger partial charge on any atom is -0.489 e. The summed E-state index contributed by atoms with van der Waals surface area (Å²) in [5.41, 5.74) is 2.60. The van der Waals surface area contributed by atoms with Crippen LogP contribution in [0, 0.1) is 24.7 Å². The summed E-state index contributed by atoms with van der Waals surface area (Å²) in [6.07, 6.45) is 3.39. The van der Waals surface area contributed by atoms with Gasteiger partial charge >= 0.3 is 12.1 Å². The maximum atomic E-state index is 12.0. The van der Waals surface area contributed by atoms with Gasteiger partial charge in [0.05, 0.1) is 42.3 Å². The van der Waals surface area contributed by atoms with Gasteiger partial charge in [0.15, 0.2) is 0 Å². The summed E-state index contributed by atoms with van der Waals surface area (Å²) in [5.74, 6) is 0.620. The lowest BCUT2D eigenvalue weighted by Gasteiger charge is -2.27. The summed E-state index contributed by atoms with van der Waals surface area (Å²) in [4.78, 5) is 28.0. The fourth-order valence-corrected chi connectivity index (χ4v) is 4.26. The number of ether oxygens (including phenoxy) is 2. The highest BCUT2D eigenvalue weighted by atomic mass is 16.5. The number of nitrogens with one attached hydrogen (secondary N) is 1. The normalized spacial score (nSPS) is 24.2. The lowest BCUT2D eigenvalue weighted by molar-refractivity contribution is -0.143. The summed E-state index contributed by atoms with van der Waals surface area (Å²) in [5, 5.41) is 20.4. The highest BCUT2D eigenvalue weighted by Gasteiger charge is 2.33. The van der Waals surface area contributed by atoms with Crippen LogP contribution in [-0.4, -0.2) is 49.9 Å². The second-order valence-corrected chi connectivity index (χ2v) is 9.16. The number of aryl methyl sites for hydroxylation is 2. The van der Waals surface area contributed by atoms with Crippen LogP contribution in [0.15, 0.2) is 12.1 Å². The third kappa shape index (κ3) is 5.61. The Bertz CT molecular complexity index is 1020. The van der Waals surface area contributed by atoms with Crippen molar-refractivity contribution >= 4 is 12.1 Å². The molecule has 0 spiro atoms. The molecule has 1 amide bonds. The van der Waals surface area contributed by atoms with Crippen LogP contribution in [0.3, 0.4) is 0 Å². The van der Waals surface area contributed by atoms with E-state index in [1.54, 1.807) is 17.8 Å². The van der Waals surface area contributed by atoms with Crippen LogP contribution in [0.4, 0.5) is 4.79 Å². The molecule has 0 bridgehead atoms. The predicted octanol–water partition coefficient (Wildman–Crippen LogP) is 3.09. The number of hydrogen-bond acceptors (Lipinski definition) is 7. The molecule has 2 aliphatic carbocycles. The Labute approximate surface area is 192 Å². The summed E-state index contributed by atoms with van der Waals surface area (Å²) in [7, 11) is 1.76. The zero-order chi connectivity index (χ0) is 23.5. The Morgan fingerprint density at radius 3 is 2.76 bits per heavy atom. The number of hydrogen-bond donors (Lipinski definition) is 2. The molecule has 10 nitrogen and oxygen atoms in total. The monoisotopic (exact) mass is 457 g/mol. The molecule has 2 N–H and O–H groups in total. The van der Waals surface area contributed by atoms with Crippen molar-refractivity contribution in [3.63, 3.8) is 0 Å². The molecule has 178 valence electrons. The molecule has 0 unspecified atom stereocenters. The first-order valence-corrected chi connectivity index (χ1v) is 11.5. The Morgan fingerprint density at radius 2 is 2.06 bits per heavy atom. The number of aliphatic carboxylic acids is 1. The van der Waals surface area contributed by atoms with Crippen molar-refractivity contribution in [2.45, 2.75) is 58.6 Å². The first kappa shape index (κ1) is 23.0. The van der Waals surface area contributed by atoms with Gasteiger partial charge in [-0.15, -0.1) is 5.10 Å². The Morgan fingerprint density at radius 1 is 1.27 bits per heavy atom. The number of alkyl carbamates (subject to hydrolysis) is 1. The third-order valence-corrected chi connectivity index (χ3v) is 6.60. The smallest absolute Gasteiger partial charge is 0.407 e. The molecule has 4 atom stereocenters. The van der Waals surface area contributed by atoms with Crippen LogP contribution < -0.4 is 10.1 Å². The van der Waals surface area contributed by atoms with Crippen LogP contribution in [0.1, 0.15) is 50.4 Å². The lowest BCUT2D eigenvalue weighted by atomic mass is 9.87. The number of nitrogens with zero attached hydrogens (tertiary/aromatic N) is 4. The van der Waals surface area contributed by atoms with Crippen molar-refractivity contribution in [2.75, 3.05) is 6.61 Å². The number of aromatic nitrogens is 4. The van der Waals surface area contributed by atoms with Gasteiger partial charge in [0, 0.05) is 7.05 Å². The number of carboxylic acid groups (broad SMARTS) is 1. The zero-order valence-electron chi connectivity index (χ0n) is 19.3. The van der Waals surface area contributed by atoms with Gasteiger partial charge < -0.3 is 19.9 Å². The van der Waals surface area contributed by atoms with Crippen LogP contribution in [0.25, 0.3) is 11.4 Å². The topological polar surface area (TPSA) is 128 Å². The van der Waals surface area contributed by atoms with Crippen molar-refractivity contribution in [3.05, 3.63) is 23.5 Å². The molecule has 2 aliphatic rings. The van der Waals surface area contributed by atoms with E-state index in [1.165, 1.54) is 0 Å². The Kier molecular flexibility index (Phi) is 6.80. The summed E-state index contributed by atoms with van der Waals surface area (Å²) in [6, 6.07) is 3.64. The average molecular weight is 458 g/mol. The van der Waals surface area contributed by atoms with E-state index in [0.717, 1.165) is 19.3 Å². The quantitative estimate of drug-likeness (QED) is 0.619. The van der Waals surface area contributed by atoms with E-state index in [-0.39, 0.29) is 18.6 Å². The number of pyridine rings is 1. The van der Waals surface area contributed by atoms with Gasteiger partial charge in [0.25, 0.3) is 0 Å². The maximum absolute atomic E-state index is 12.0. The summed E-state index contributed by atoms with van der Waals surface area (Å²) in [6.45, 7) is 4.66. The molecule has 33 heavy (non-hydrogen) atoms. The Balaban J connectivity index is 1.39. The van der Waals surface area contributed by atoms with Gasteiger partial charge in [0.1, 0.15) is 11.4 Å². The second kappa shape index (κ2) is 9.76. The molecule has 4 rings (SSSR count). The molecular weight excluding hydrogens is 426 g/mol. The highest BCUT2D eigenvalue weighted by Crippen LogP contribution is 2.37. The minimum absolute atomic E-state index is 0.132. The largest absolute Gasteiger partial charge is 0.489 e. The van der Waals surface area contributed by atoms with E-state index < -0.39 is 12.1 Å². The second-order valence-electron chi connectivity index (χ2n) is 9.16. The van der Waals surface area contributed by atoms with Crippen LogP contribution in [0.2, 0.25) is 0 Å². The lowest BCUT2D eigenvalue weighted by Crippen LogP contribution is -2.29. The van der Waals surface area contributed by atoms with Gasteiger partial charge in [-0.25, -0.2) is 14.5 Å². The average Bonchev–Trinajstić information content (AvgIpc) is 3.38. The fraction of sp³-hybridized carbons (Fsp3) is 0.609. The van der Waals surface area contributed by atoms with Gasteiger partial charge in [-0.05, 0) is 63.0 Å². The number of rotatable bonds is 8.